The van der Waals surface area contributed by atoms with Gasteiger partial charge < -0.3 is 5.32 Å². The minimum atomic E-state index is 0.935. The molecule has 2 heteroatoms. The Hall–Kier alpha value is -1.02. The maximum absolute atomic E-state index is 3.37. The lowest BCUT2D eigenvalue weighted by Crippen LogP contribution is -2.20. The lowest BCUT2D eigenvalue weighted by Gasteiger charge is -2.14. The van der Waals surface area contributed by atoms with Crippen LogP contribution in [0.2, 0.25) is 0 Å². The van der Waals surface area contributed by atoms with Crippen LogP contribution >= 0.6 is 0 Å². The minimum Gasteiger partial charge on any atom is -0.383 e. The Bertz CT molecular complexity index is 252. The number of rotatable bonds is 4. The van der Waals surface area contributed by atoms with Crippen molar-refractivity contribution in [3.05, 3.63) is 36.9 Å². The molecule has 1 aliphatic heterocycles. The molecule has 2 rings (SSSR count). The van der Waals surface area contributed by atoms with Crippen molar-refractivity contribution in [2.75, 3.05) is 25.0 Å². The summed E-state index contributed by atoms with van der Waals surface area (Å²) in [5, 5.41) is 3.37. The predicted octanol–water partition coefficient (Wildman–Crippen LogP) is 2.36. The molecule has 1 fully saturated rings. The first kappa shape index (κ1) is 9.53. The zero-order valence-electron chi connectivity index (χ0n) is 8.45. The number of nitrogens with zero attached hydrogens (tertiary/aromatic N) is 1. The first-order chi connectivity index (χ1) is 6.95. The number of para-hydroxylation sites is 1. The average molecular weight is 189 g/mol. The molecule has 75 valence electrons. The second-order valence-corrected chi connectivity index (χ2v) is 3.67. The molecule has 1 heterocycles. The van der Waals surface area contributed by atoms with E-state index in [0.29, 0.717) is 0 Å². The van der Waals surface area contributed by atoms with Crippen LogP contribution in [0.25, 0.3) is 0 Å². The third kappa shape index (κ3) is 2.74. The molecule has 1 radical (unpaired) electrons. The van der Waals surface area contributed by atoms with E-state index in [0.717, 1.165) is 6.54 Å². The summed E-state index contributed by atoms with van der Waals surface area (Å²) in [5.74, 6) is 0. The first-order valence-electron chi connectivity index (χ1n) is 5.31. The van der Waals surface area contributed by atoms with Gasteiger partial charge in [-0.25, -0.2) is 0 Å². The van der Waals surface area contributed by atoms with Crippen molar-refractivity contribution in [1.29, 1.82) is 0 Å². The van der Waals surface area contributed by atoms with E-state index < -0.39 is 0 Å². The van der Waals surface area contributed by atoms with Crippen molar-refractivity contribution < 1.29 is 0 Å². The molecule has 1 N–H and O–H groups in total. The number of benzene rings is 1. The van der Waals surface area contributed by atoms with Gasteiger partial charge in [-0.1, -0.05) is 18.2 Å². The number of hydrogen-bond donors (Lipinski definition) is 1. The predicted molar refractivity (Wildman–Crippen MR) is 60.0 cm³/mol. The second kappa shape index (κ2) is 5.01. The highest BCUT2D eigenvalue weighted by Crippen LogP contribution is 2.10. The minimum absolute atomic E-state index is 0.935. The Labute approximate surface area is 85.9 Å². The fraction of sp³-hybridized carbons (Fsp3) is 0.417. The van der Waals surface area contributed by atoms with Gasteiger partial charge >= 0.3 is 0 Å². The van der Waals surface area contributed by atoms with E-state index in [9.17, 15) is 0 Å². The van der Waals surface area contributed by atoms with Gasteiger partial charge in [-0.3, -0.25) is 4.90 Å². The molecular formula is C12H17N2. The van der Waals surface area contributed by atoms with Crippen molar-refractivity contribution in [1.82, 2.24) is 4.90 Å². The highest BCUT2D eigenvalue weighted by atomic mass is 15.1. The molecule has 14 heavy (non-hydrogen) atoms. The first-order valence-corrected chi connectivity index (χ1v) is 5.31. The zero-order chi connectivity index (χ0) is 9.64. The molecular weight excluding hydrogens is 172 g/mol. The van der Waals surface area contributed by atoms with Crippen LogP contribution in [0.5, 0.6) is 0 Å². The smallest absolute Gasteiger partial charge is 0.0441 e. The number of nitrogens with one attached hydrogen (secondary N) is 1. The fourth-order valence-electron chi connectivity index (χ4n) is 1.77. The van der Waals surface area contributed by atoms with Crippen molar-refractivity contribution in [3.8, 4) is 0 Å². The summed E-state index contributed by atoms with van der Waals surface area (Å²) < 4.78 is 0. The van der Waals surface area contributed by atoms with Crippen LogP contribution in [0.4, 0.5) is 5.69 Å². The number of hydrogen-bond acceptors (Lipinski definition) is 2. The monoisotopic (exact) mass is 189 g/mol. The van der Waals surface area contributed by atoms with Gasteiger partial charge in [-0.2, -0.15) is 0 Å². The molecule has 0 atom stereocenters. The van der Waals surface area contributed by atoms with Crippen LogP contribution in [0.1, 0.15) is 12.8 Å². The maximum Gasteiger partial charge on any atom is 0.0441 e. The molecule has 2 nitrogen and oxygen atoms in total. The van der Waals surface area contributed by atoms with Crippen molar-refractivity contribution in [2.24, 2.45) is 0 Å². The molecule has 0 aromatic heterocycles. The Kier molecular flexibility index (Phi) is 3.41. The van der Waals surface area contributed by atoms with E-state index >= 15 is 0 Å². The van der Waals surface area contributed by atoms with Crippen LogP contribution in [-0.2, 0) is 0 Å². The lowest BCUT2D eigenvalue weighted by molar-refractivity contribution is 0.414. The molecule has 1 aromatic carbocycles. The van der Waals surface area contributed by atoms with Crippen LogP contribution in [0.15, 0.2) is 30.3 Å². The van der Waals surface area contributed by atoms with E-state index in [1.165, 1.54) is 31.6 Å². The quantitative estimate of drug-likeness (QED) is 0.782. The Balaban J connectivity index is 1.67. The van der Waals surface area contributed by atoms with Crippen molar-refractivity contribution in [3.63, 3.8) is 0 Å². The van der Waals surface area contributed by atoms with E-state index in [4.69, 9.17) is 0 Å². The lowest BCUT2D eigenvalue weighted by atomic mass is 10.3. The standard InChI is InChI=1S/C12H17N2/c1-2-6-12(7-3-1)13-8-11-14-9-4-5-10-14/h1-3,6-7,11,13H,4-5,8-10H2. The molecule has 0 amide bonds. The molecule has 0 bridgehead atoms. The fourth-order valence-corrected chi connectivity index (χ4v) is 1.77. The van der Waals surface area contributed by atoms with Crippen LogP contribution in [0.3, 0.4) is 0 Å². The second-order valence-electron chi connectivity index (χ2n) is 3.67. The summed E-state index contributed by atoms with van der Waals surface area (Å²) in [6.45, 7) is 5.66. The highest BCUT2D eigenvalue weighted by Gasteiger charge is 2.10. The third-order valence-corrected chi connectivity index (χ3v) is 2.57. The van der Waals surface area contributed by atoms with Gasteiger partial charge in [0.1, 0.15) is 0 Å². The van der Waals surface area contributed by atoms with Gasteiger partial charge in [-0.15, -0.1) is 0 Å². The molecule has 1 aliphatic rings. The molecule has 0 saturated carbocycles. The van der Waals surface area contributed by atoms with E-state index in [1.54, 1.807) is 0 Å². The van der Waals surface area contributed by atoms with Gasteiger partial charge in [0.2, 0.25) is 0 Å². The summed E-state index contributed by atoms with van der Waals surface area (Å²) in [6, 6.07) is 10.3. The van der Waals surface area contributed by atoms with Gasteiger partial charge in [0.05, 0.1) is 0 Å². The van der Waals surface area contributed by atoms with Gasteiger partial charge in [0, 0.05) is 18.8 Å². The van der Waals surface area contributed by atoms with Crippen LogP contribution in [0, 0.1) is 6.54 Å². The summed E-state index contributed by atoms with van der Waals surface area (Å²) in [6.07, 6.45) is 2.70. The number of anilines is 1. The Morgan fingerprint density at radius 2 is 1.86 bits per heavy atom. The van der Waals surface area contributed by atoms with Crippen LogP contribution in [-0.4, -0.2) is 24.5 Å². The summed E-state index contributed by atoms with van der Waals surface area (Å²) >= 11 is 0. The molecule has 0 unspecified atom stereocenters. The maximum atomic E-state index is 3.37. The molecule has 0 spiro atoms. The van der Waals surface area contributed by atoms with Gasteiger partial charge in [0.15, 0.2) is 0 Å². The molecule has 0 aliphatic carbocycles. The van der Waals surface area contributed by atoms with E-state index in [-0.39, 0.29) is 0 Å². The van der Waals surface area contributed by atoms with Crippen molar-refractivity contribution in [2.45, 2.75) is 12.8 Å². The molecule has 1 saturated heterocycles. The van der Waals surface area contributed by atoms with E-state index in [1.807, 2.05) is 6.07 Å². The highest BCUT2D eigenvalue weighted by molar-refractivity contribution is 5.42. The van der Waals surface area contributed by atoms with E-state index in [2.05, 4.69) is 41.0 Å². The SMILES string of the molecule is [CH](CNc1ccccc1)N1CCCC1. The Morgan fingerprint density at radius 3 is 2.57 bits per heavy atom. The van der Waals surface area contributed by atoms with Crippen LogP contribution < -0.4 is 5.32 Å². The Morgan fingerprint density at radius 1 is 1.14 bits per heavy atom. The number of likely N-dealkylation sites (tertiary alicyclic amines) is 1. The normalized spacial score (nSPS) is 17.1. The summed E-state index contributed by atoms with van der Waals surface area (Å²) in [5.41, 5.74) is 1.20. The summed E-state index contributed by atoms with van der Waals surface area (Å²) in [7, 11) is 0. The largest absolute Gasteiger partial charge is 0.383 e. The topological polar surface area (TPSA) is 15.3 Å². The zero-order valence-corrected chi connectivity index (χ0v) is 8.45. The van der Waals surface area contributed by atoms with Gasteiger partial charge in [-0.05, 0) is 38.1 Å². The molecule has 1 aromatic rings. The van der Waals surface area contributed by atoms with Crippen molar-refractivity contribution >= 4 is 5.69 Å². The van der Waals surface area contributed by atoms with Gasteiger partial charge in [0.25, 0.3) is 0 Å². The summed E-state index contributed by atoms with van der Waals surface area (Å²) in [4.78, 5) is 2.40. The third-order valence-electron chi connectivity index (χ3n) is 2.57. The average Bonchev–Trinajstić information content (AvgIpc) is 2.72.